The normalized spacial score (nSPS) is 12.4. The van der Waals surface area contributed by atoms with Crippen molar-refractivity contribution < 1.29 is 0 Å². The first-order chi connectivity index (χ1) is 8.91. The Balaban J connectivity index is 2.47. The number of rotatable bonds is 2. The van der Waals surface area contributed by atoms with Crippen LogP contribution in [0.1, 0.15) is 16.5 Å². The fourth-order valence-corrected chi connectivity index (χ4v) is 2.67. The van der Waals surface area contributed by atoms with Crippen LogP contribution < -0.4 is 11.5 Å². The highest BCUT2D eigenvalue weighted by molar-refractivity contribution is 6.44. The maximum absolute atomic E-state index is 6.40. The van der Waals surface area contributed by atoms with Gasteiger partial charge in [0.05, 0.1) is 31.8 Å². The van der Waals surface area contributed by atoms with Crippen molar-refractivity contribution in [2.75, 3.05) is 11.5 Å². The van der Waals surface area contributed by atoms with Crippen molar-refractivity contribution in [3.05, 3.63) is 56.5 Å². The second kappa shape index (κ2) is 5.68. The lowest BCUT2D eigenvalue weighted by molar-refractivity contribution is 1.14. The van der Waals surface area contributed by atoms with E-state index in [2.05, 4.69) is 0 Å². The van der Waals surface area contributed by atoms with E-state index in [1.54, 1.807) is 30.3 Å². The van der Waals surface area contributed by atoms with Gasteiger partial charge in [-0.2, -0.15) is 0 Å². The van der Waals surface area contributed by atoms with Gasteiger partial charge in [-0.25, -0.2) is 0 Å². The van der Waals surface area contributed by atoms with Crippen molar-refractivity contribution >= 4 is 57.8 Å². The molecule has 0 fully saturated rings. The van der Waals surface area contributed by atoms with Gasteiger partial charge in [-0.3, -0.25) is 0 Å². The fraction of sp³-hybridized carbons (Fsp3) is 0.0769. The summed E-state index contributed by atoms with van der Waals surface area (Å²) in [4.78, 5) is 0. The number of anilines is 2. The average Bonchev–Trinajstić information content (AvgIpc) is 2.39. The molecule has 100 valence electrons. The lowest BCUT2D eigenvalue weighted by atomic mass is 10.0. The molecule has 0 heterocycles. The molecule has 0 aliphatic rings. The summed E-state index contributed by atoms with van der Waals surface area (Å²) in [5.74, 6) is 0. The number of alkyl halides is 1. The van der Waals surface area contributed by atoms with Crippen molar-refractivity contribution in [3.63, 3.8) is 0 Å². The summed E-state index contributed by atoms with van der Waals surface area (Å²) in [7, 11) is 0. The summed E-state index contributed by atoms with van der Waals surface area (Å²) >= 11 is 24.6. The molecule has 2 aromatic carbocycles. The molecular weight excluding hydrogens is 326 g/mol. The van der Waals surface area contributed by atoms with Gasteiger partial charge < -0.3 is 11.5 Å². The third-order valence-electron chi connectivity index (χ3n) is 2.73. The Kier molecular flexibility index (Phi) is 4.36. The second-order valence-corrected chi connectivity index (χ2v) is 5.62. The number of hydrogen-bond acceptors (Lipinski definition) is 2. The van der Waals surface area contributed by atoms with Crippen LogP contribution in [-0.4, -0.2) is 0 Å². The molecule has 0 aromatic heterocycles. The van der Waals surface area contributed by atoms with E-state index in [-0.39, 0.29) is 0 Å². The molecule has 2 aromatic rings. The number of halogens is 4. The van der Waals surface area contributed by atoms with Gasteiger partial charge in [0.15, 0.2) is 0 Å². The summed E-state index contributed by atoms with van der Waals surface area (Å²) < 4.78 is 0. The predicted molar refractivity (Wildman–Crippen MR) is 84.4 cm³/mol. The van der Waals surface area contributed by atoms with Crippen LogP contribution in [0, 0.1) is 0 Å². The molecule has 2 nitrogen and oxygen atoms in total. The molecular formula is C13H10Cl4N2. The predicted octanol–water partition coefficient (Wildman–Crippen LogP) is 5.14. The van der Waals surface area contributed by atoms with E-state index < -0.39 is 5.38 Å². The largest absolute Gasteiger partial charge is 0.398 e. The monoisotopic (exact) mass is 334 g/mol. The van der Waals surface area contributed by atoms with Crippen LogP contribution in [0.25, 0.3) is 0 Å². The van der Waals surface area contributed by atoms with Gasteiger partial charge in [0, 0.05) is 0 Å². The Bertz CT molecular complexity index is 628. The quantitative estimate of drug-likeness (QED) is 0.589. The molecule has 0 radical (unpaired) electrons. The van der Waals surface area contributed by atoms with E-state index in [4.69, 9.17) is 57.9 Å². The van der Waals surface area contributed by atoms with E-state index in [1.807, 2.05) is 0 Å². The van der Waals surface area contributed by atoms with E-state index >= 15 is 0 Å². The smallest absolute Gasteiger partial charge is 0.0850 e. The number of nitrogens with two attached hydrogens (primary N) is 2. The van der Waals surface area contributed by atoms with E-state index in [0.717, 1.165) is 5.56 Å². The summed E-state index contributed by atoms with van der Waals surface area (Å²) in [6, 6.07) is 8.60. The molecule has 6 heteroatoms. The van der Waals surface area contributed by atoms with Crippen molar-refractivity contribution in [1.82, 2.24) is 0 Å². The first-order valence-corrected chi connectivity index (χ1v) is 6.91. The van der Waals surface area contributed by atoms with Gasteiger partial charge in [0.2, 0.25) is 0 Å². The molecule has 0 saturated carbocycles. The molecule has 4 N–H and O–H groups in total. The molecule has 0 spiro atoms. The van der Waals surface area contributed by atoms with E-state index in [0.29, 0.717) is 32.0 Å². The van der Waals surface area contributed by atoms with E-state index in [9.17, 15) is 0 Å². The van der Waals surface area contributed by atoms with Gasteiger partial charge in [-0.05, 0) is 29.3 Å². The molecule has 1 unspecified atom stereocenters. The molecule has 0 aliphatic heterocycles. The molecule has 0 aliphatic carbocycles. The third-order valence-corrected chi connectivity index (χ3v) is 4.46. The highest BCUT2D eigenvalue weighted by atomic mass is 35.5. The van der Waals surface area contributed by atoms with Crippen LogP contribution >= 0.6 is 46.4 Å². The highest BCUT2D eigenvalue weighted by Gasteiger charge is 2.18. The molecule has 0 bridgehead atoms. The van der Waals surface area contributed by atoms with Crippen LogP contribution in [0.15, 0.2) is 30.3 Å². The summed E-state index contributed by atoms with van der Waals surface area (Å²) in [6.07, 6.45) is 0. The van der Waals surface area contributed by atoms with Crippen LogP contribution in [0.4, 0.5) is 11.4 Å². The van der Waals surface area contributed by atoms with Crippen LogP contribution in [0.2, 0.25) is 15.1 Å². The number of benzene rings is 2. The Morgan fingerprint density at radius 1 is 0.842 bits per heavy atom. The molecule has 2 rings (SSSR count). The topological polar surface area (TPSA) is 52.0 Å². The zero-order chi connectivity index (χ0) is 14.2. The molecule has 19 heavy (non-hydrogen) atoms. The maximum Gasteiger partial charge on any atom is 0.0850 e. The lowest BCUT2D eigenvalue weighted by Gasteiger charge is -2.15. The number of hydrogen-bond donors (Lipinski definition) is 2. The SMILES string of the molecule is Nc1ccc(C(Cl)c2ccc(N)c(Cl)c2Cl)cc1Cl. The van der Waals surface area contributed by atoms with Gasteiger partial charge in [0.25, 0.3) is 0 Å². The maximum atomic E-state index is 6.40. The summed E-state index contributed by atoms with van der Waals surface area (Å²) in [5.41, 5.74) is 13.7. The van der Waals surface area contributed by atoms with Crippen LogP contribution in [0.5, 0.6) is 0 Å². The summed E-state index contributed by atoms with van der Waals surface area (Å²) in [6.45, 7) is 0. The second-order valence-electron chi connectivity index (χ2n) is 4.02. The van der Waals surface area contributed by atoms with Crippen molar-refractivity contribution in [2.24, 2.45) is 0 Å². The van der Waals surface area contributed by atoms with Crippen molar-refractivity contribution in [3.8, 4) is 0 Å². The van der Waals surface area contributed by atoms with Gasteiger partial charge in [0.1, 0.15) is 0 Å². The number of nitrogen functional groups attached to an aromatic ring is 2. The van der Waals surface area contributed by atoms with Gasteiger partial charge in [-0.1, -0.05) is 46.9 Å². The van der Waals surface area contributed by atoms with Gasteiger partial charge >= 0.3 is 0 Å². The zero-order valence-electron chi connectivity index (χ0n) is 9.63. The minimum Gasteiger partial charge on any atom is -0.398 e. The minimum absolute atomic E-state index is 0.298. The highest BCUT2D eigenvalue weighted by Crippen LogP contribution is 2.40. The van der Waals surface area contributed by atoms with E-state index in [1.165, 1.54) is 0 Å². The Morgan fingerprint density at radius 3 is 2.11 bits per heavy atom. The lowest BCUT2D eigenvalue weighted by Crippen LogP contribution is -1.98. The minimum atomic E-state index is -0.483. The van der Waals surface area contributed by atoms with Gasteiger partial charge in [-0.15, -0.1) is 11.6 Å². The van der Waals surface area contributed by atoms with Crippen molar-refractivity contribution in [1.29, 1.82) is 0 Å². The third kappa shape index (κ3) is 2.87. The first-order valence-electron chi connectivity index (χ1n) is 5.34. The first kappa shape index (κ1) is 14.6. The molecule has 0 saturated heterocycles. The van der Waals surface area contributed by atoms with Crippen LogP contribution in [-0.2, 0) is 0 Å². The molecule has 0 amide bonds. The Labute approximate surface area is 131 Å². The average molecular weight is 336 g/mol. The summed E-state index contributed by atoms with van der Waals surface area (Å²) in [5, 5.41) is 0.602. The molecule has 1 atom stereocenters. The standard InChI is InChI=1S/C13H10Cl4N2/c14-8-5-6(1-3-9(8)18)11(15)7-2-4-10(19)13(17)12(7)16/h1-5,11H,18-19H2. The zero-order valence-corrected chi connectivity index (χ0v) is 12.7. The van der Waals surface area contributed by atoms with Crippen LogP contribution in [0.3, 0.4) is 0 Å². The fourth-order valence-electron chi connectivity index (χ4n) is 1.66. The van der Waals surface area contributed by atoms with Crippen molar-refractivity contribution in [2.45, 2.75) is 5.38 Å². The Hall–Kier alpha value is -0.800. The Morgan fingerprint density at radius 2 is 1.47 bits per heavy atom.